The molecule has 0 bridgehead atoms. The Balaban J connectivity index is 1.18. The van der Waals surface area contributed by atoms with Gasteiger partial charge in [-0.05, 0) is 35.9 Å². The van der Waals surface area contributed by atoms with Crippen molar-refractivity contribution in [2.45, 2.75) is 11.3 Å². The van der Waals surface area contributed by atoms with Crippen LogP contribution >= 0.6 is 0 Å². The molecule has 2 aromatic rings. The van der Waals surface area contributed by atoms with Gasteiger partial charge >= 0.3 is 0 Å². The molecule has 2 fully saturated rings. The summed E-state index contributed by atoms with van der Waals surface area (Å²) in [7, 11) is -1.99. The molecule has 0 atom stereocenters. The number of amides is 2. The molecule has 3 aliphatic heterocycles. The first-order chi connectivity index (χ1) is 15.3. The molecule has 8 nitrogen and oxygen atoms in total. The standard InChI is InChI=1S/C23H26N4O4S/c1-24-21-8-7-20(13-17(21)14-22(24)28)32(30,31)27-15-18(16-27)23(29)26-11-9-25(10-12-26)19-5-3-2-4-6-19/h2-8,13,18H,9-12,14-16H2,1H3. The maximum absolute atomic E-state index is 13.0. The summed E-state index contributed by atoms with van der Waals surface area (Å²) >= 11 is 0. The van der Waals surface area contributed by atoms with Gasteiger partial charge in [-0.1, -0.05) is 18.2 Å². The van der Waals surface area contributed by atoms with Crippen LogP contribution in [0.5, 0.6) is 0 Å². The third-order valence-electron chi connectivity index (χ3n) is 6.68. The number of anilines is 2. The second kappa shape index (κ2) is 7.90. The first-order valence-electron chi connectivity index (χ1n) is 10.8. The summed E-state index contributed by atoms with van der Waals surface area (Å²) < 4.78 is 27.4. The first kappa shape index (κ1) is 21.0. The highest BCUT2D eigenvalue weighted by molar-refractivity contribution is 7.89. The zero-order chi connectivity index (χ0) is 22.5. The van der Waals surface area contributed by atoms with E-state index in [1.807, 2.05) is 23.1 Å². The average molecular weight is 455 g/mol. The van der Waals surface area contributed by atoms with Crippen LogP contribution < -0.4 is 9.80 Å². The number of likely N-dealkylation sites (N-methyl/N-ethyl adjacent to an activating group) is 1. The minimum Gasteiger partial charge on any atom is -0.368 e. The van der Waals surface area contributed by atoms with Crippen LogP contribution in [-0.4, -0.2) is 75.8 Å². The van der Waals surface area contributed by atoms with Crippen LogP contribution in [-0.2, 0) is 26.0 Å². The van der Waals surface area contributed by atoms with Crippen LogP contribution in [0, 0.1) is 5.92 Å². The van der Waals surface area contributed by atoms with Crippen molar-refractivity contribution in [2.24, 2.45) is 5.92 Å². The smallest absolute Gasteiger partial charge is 0.243 e. The van der Waals surface area contributed by atoms with Gasteiger partial charge in [-0.15, -0.1) is 0 Å². The van der Waals surface area contributed by atoms with Crippen molar-refractivity contribution in [3.05, 3.63) is 54.1 Å². The number of hydrogen-bond acceptors (Lipinski definition) is 5. The summed E-state index contributed by atoms with van der Waals surface area (Å²) in [5.74, 6) is -0.308. The van der Waals surface area contributed by atoms with E-state index in [9.17, 15) is 18.0 Å². The van der Waals surface area contributed by atoms with Crippen molar-refractivity contribution in [3.63, 3.8) is 0 Å². The fourth-order valence-corrected chi connectivity index (χ4v) is 6.21. The number of nitrogens with zero attached hydrogens (tertiary/aromatic N) is 4. The number of fused-ring (bicyclic) bond motifs is 1. The second-order valence-corrected chi connectivity index (χ2v) is 10.5. The molecule has 2 amide bonds. The van der Waals surface area contributed by atoms with Gasteiger partial charge in [0.05, 0.1) is 17.2 Å². The van der Waals surface area contributed by atoms with Gasteiger partial charge in [-0.3, -0.25) is 9.59 Å². The minimum absolute atomic E-state index is 0.0327. The lowest BCUT2D eigenvalue weighted by atomic mass is 10.0. The zero-order valence-corrected chi connectivity index (χ0v) is 18.8. The van der Waals surface area contributed by atoms with Crippen molar-refractivity contribution >= 4 is 33.2 Å². The molecular weight excluding hydrogens is 428 g/mol. The lowest BCUT2D eigenvalue weighted by Crippen LogP contribution is -2.59. The van der Waals surface area contributed by atoms with E-state index >= 15 is 0 Å². The Bertz CT molecular complexity index is 1150. The molecule has 168 valence electrons. The molecule has 3 aliphatic rings. The molecule has 5 rings (SSSR count). The quantitative estimate of drug-likeness (QED) is 0.693. The molecule has 9 heteroatoms. The van der Waals surface area contributed by atoms with Crippen LogP contribution in [0.25, 0.3) is 0 Å². The fourth-order valence-electron chi connectivity index (χ4n) is 4.63. The Kier molecular flexibility index (Phi) is 5.17. The highest BCUT2D eigenvalue weighted by Crippen LogP contribution is 2.33. The van der Waals surface area contributed by atoms with Gasteiger partial charge in [0.25, 0.3) is 0 Å². The molecule has 0 N–H and O–H groups in total. The topological polar surface area (TPSA) is 81.2 Å². The largest absolute Gasteiger partial charge is 0.368 e. The average Bonchev–Trinajstić information content (AvgIpc) is 3.06. The second-order valence-electron chi connectivity index (χ2n) is 8.59. The molecule has 2 saturated heterocycles. The molecule has 0 aromatic heterocycles. The summed E-state index contributed by atoms with van der Waals surface area (Å²) in [6, 6.07) is 15.0. The SMILES string of the molecule is CN1C(=O)Cc2cc(S(=O)(=O)N3CC(C(=O)N4CCN(c5ccccc5)CC4)C3)ccc21. The van der Waals surface area contributed by atoms with Crippen LogP contribution in [0.3, 0.4) is 0 Å². The number of carbonyl (C=O) groups excluding carboxylic acids is 2. The summed E-state index contributed by atoms with van der Waals surface area (Å²) in [4.78, 5) is 30.6. The summed E-state index contributed by atoms with van der Waals surface area (Å²) in [5, 5.41) is 0. The van der Waals surface area contributed by atoms with E-state index in [2.05, 4.69) is 17.0 Å². The van der Waals surface area contributed by atoms with E-state index in [-0.39, 0.29) is 42.1 Å². The molecule has 0 unspecified atom stereocenters. The normalized spacial score (nSPS) is 19.8. The van der Waals surface area contributed by atoms with Crippen LogP contribution in [0.15, 0.2) is 53.4 Å². The Labute approximate surface area is 188 Å². The lowest BCUT2D eigenvalue weighted by Gasteiger charge is -2.42. The Morgan fingerprint density at radius 3 is 2.34 bits per heavy atom. The predicted molar refractivity (Wildman–Crippen MR) is 121 cm³/mol. The van der Waals surface area contributed by atoms with Crippen LogP contribution in [0.4, 0.5) is 11.4 Å². The van der Waals surface area contributed by atoms with E-state index in [0.29, 0.717) is 13.1 Å². The Hall–Kier alpha value is -2.91. The molecule has 0 spiro atoms. The molecular formula is C23H26N4O4S. The maximum atomic E-state index is 13.0. The van der Waals surface area contributed by atoms with E-state index in [0.717, 1.165) is 30.0 Å². The van der Waals surface area contributed by atoms with Crippen LogP contribution in [0.1, 0.15) is 5.56 Å². The monoisotopic (exact) mass is 454 g/mol. The molecule has 2 aromatic carbocycles. The first-order valence-corrected chi connectivity index (χ1v) is 12.3. The molecule has 32 heavy (non-hydrogen) atoms. The number of carbonyl (C=O) groups is 2. The summed E-state index contributed by atoms with van der Waals surface area (Å²) in [6.07, 6.45) is 0.214. The van der Waals surface area contributed by atoms with Gasteiger partial charge in [0.2, 0.25) is 21.8 Å². The number of para-hydroxylation sites is 1. The summed E-state index contributed by atoms with van der Waals surface area (Å²) in [5.41, 5.74) is 2.63. The van der Waals surface area contributed by atoms with Crippen LogP contribution in [0.2, 0.25) is 0 Å². The minimum atomic E-state index is -3.68. The highest BCUT2D eigenvalue weighted by Gasteiger charge is 2.42. The predicted octanol–water partition coefficient (Wildman–Crippen LogP) is 1.17. The lowest BCUT2D eigenvalue weighted by molar-refractivity contribution is -0.139. The van der Waals surface area contributed by atoms with E-state index in [1.165, 1.54) is 4.31 Å². The number of sulfonamides is 1. The molecule has 3 heterocycles. The number of benzene rings is 2. The van der Waals surface area contributed by atoms with E-state index in [1.54, 1.807) is 30.1 Å². The van der Waals surface area contributed by atoms with Crippen molar-refractivity contribution < 1.29 is 18.0 Å². The van der Waals surface area contributed by atoms with Gasteiger partial charge in [-0.25, -0.2) is 8.42 Å². The van der Waals surface area contributed by atoms with Crippen molar-refractivity contribution in [2.75, 3.05) is 56.1 Å². The molecule has 0 radical (unpaired) electrons. The third-order valence-corrected chi connectivity index (χ3v) is 8.50. The van der Waals surface area contributed by atoms with Gasteiger partial charge in [-0.2, -0.15) is 4.31 Å². The Morgan fingerprint density at radius 1 is 0.969 bits per heavy atom. The summed E-state index contributed by atoms with van der Waals surface area (Å²) in [6.45, 7) is 3.23. The number of piperazine rings is 1. The van der Waals surface area contributed by atoms with Gasteiger partial charge in [0, 0.05) is 57.7 Å². The van der Waals surface area contributed by atoms with Crippen molar-refractivity contribution in [3.8, 4) is 0 Å². The van der Waals surface area contributed by atoms with Crippen molar-refractivity contribution in [1.82, 2.24) is 9.21 Å². The van der Waals surface area contributed by atoms with Crippen molar-refractivity contribution in [1.29, 1.82) is 0 Å². The van der Waals surface area contributed by atoms with E-state index < -0.39 is 10.0 Å². The Morgan fingerprint density at radius 2 is 1.66 bits per heavy atom. The van der Waals surface area contributed by atoms with Gasteiger partial charge < -0.3 is 14.7 Å². The van der Waals surface area contributed by atoms with E-state index in [4.69, 9.17) is 0 Å². The zero-order valence-electron chi connectivity index (χ0n) is 18.0. The third kappa shape index (κ3) is 3.55. The highest BCUT2D eigenvalue weighted by atomic mass is 32.2. The van der Waals surface area contributed by atoms with Gasteiger partial charge in [0.1, 0.15) is 0 Å². The molecule has 0 saturated carbocycles. The van der Waals surface area contributed by atoms with Gasteiger partial charge in [0.15, 0.2) is 0 Å². The number of hydrogen-bond donors (Lipinski definition) is 0. The number of rotatable bonds is 4. The maximum Gasteiger partial charge on any atom is 0.243 e. The molecule has 0 aliphatic carbocycles. The fraction of sp³-hybridized carbons (Fsp3) is 0.391.